The molecular weight excluding hydrogens is 455 g/mol. The molecule has 0 heterocycles. The largest absolute Gasteiger partial charge is 0.416 e. The van der Waals surface area contributed by atoms with Crippen LogP contribution in [0.4, 0.5) is 29.3 Å². The average Bonchev–Trinajstić information content (AvgIpc) is 2.78. The number of hydrogen-bond acceptors (Lipinski definition) is 2. The molecule has 5 nitrogen and oxygen atoms in total. The minimum absolute atomic E-state index is 0.0248. The van der Waals surface area contributed by atoms with Gasteiger partial charge in [0.15, 0.2) is 0 Å². The first kappa shape index (κ1) is 24.1. The Bertz CT molecular complexity index is 1120. The van der Waals surface area contributed by atoms with Crippen LogP contribution in [0.1, 0.15) is 21.5 Å². The fourth-order valence-electron chi connectivity index (χ4n) is 3.01. The Labute approximate surface area is 194 Å². The second kappa shape index (κ2) is 10.4. The monoisotopic (exact) mass is 475 g/mol. The van der Waals surface area contributed by atoms with Crippen molar-refractivity contribution in [3.8, 4) is 0 Å². The summed E-state index contributed by atoms with van der Waals surface area (Å²) in [6.45, 7) is 1.86. The first-order valence-electron chi connectivity index (χ1n) is 10.00. The quantitative estimate of drug-likeness (QED) is 0.450. The fraction of sp³-hybridized carbons (Fsp3) is 0.167. The topological polar surface area (TPSA) is 61.4 Å². The van der Waals surface area contributed by atoms with Gasteiger partial charge in [-0.25, -0.2) is 4.79 Å². The molecular formula is C24H21ClF3N3O2. The van der Waals surface area contributed by atoms with Crippen molar-refractivity contribution in [1.82, 2.24) is 5.32 Å². The van der Waals surface area contributed by atoms with E-state index in [-0.39, 0.29) is 24.7 Å². The molecule has 3 aromatic rings. The predicted octanol–water partition coefficient (Wildman–Crippen LogP) is 6.14. The Hall–Kier alpha value is -3.52. The normalized spacial score (nSPS) is 11.1. The summed E-state index contributed by atoms with van der Waals surface area (Å²) in [4.78, 5) is 26.4. The minimum Gasteiger partial charge on any atom is -0.350 e. The molecule has 3 rings (SSSR count). The maximum atomic E-state index is 13.2. The van der Waals surface area contributed by atoms with Crippen LogP contribution < -0.4 is 15.5 Å². The van der Waals surface area contributed by atoms with Crippen molar-refractivity contribution in [3.05, 3.63) is 94.5 Å². The molecule has 0 bridgehead atoms. The van der Waals surface area contributed by atoms with Crippen molar-refractivity contribution in [2.24, 2.45) is 0 Å². The molecule has 0 saturated heterocycles. The van der Waals surface area contributed by atoms with Crippen molar-refractivity contribution in [2.45, 2.75) is 13.1 Å². The number of urea groups is 1. The van der Waals surface area contributed by atoms with Gasteiger partial charge in [0, 0.05) is 35.1 Å². The number of carbonyl (C=O) groups is 2. The zero-order valence-electron chi connectivity index (χ0n) is 17.6. The van der Waals surface area contributed by atoms with Gasteiger partial charge in [-0.2, -0.15) is 13.2 Å². The Morgan fingerprint density at radius 3 is 2.27 bits per heavy atom. The highest BCUT2D eigenvalue weighted by atomic mass is 35.5. The first-order chi connectivity index (χ1) is 15.6. The molecule has 3 aromatic carbocycles. The molecule has 0 unspecified atom stereocenters. The van der Waals surface area contributed by atoms with Crippen LogP contribution in [0.3, 0.4) is 0 Å². The van der Waals surface area contributed by atoms with Gasteiger partial charge in [0.2, 0.25) is 0 Å². The van der Waals surface area contributed by atoms with Crippen molar-refractivity contribution in [1.29, 1.82) is 0 Å². The highest BCUT2D eigenvalue weighted by molar-refractivity contribution is 6.30. The number of anilines is 2. The average molecular weight is 476 g/mol. The number of carbonyl (C=O) groups excluding carboxylic acids is 2. The molecule has 0 radical (unpaired) electrons. The first-order valence-corrected chi connectivity index (χ1v) is 10.4. The van der Waals surface area contributed by atoms with Crippen molar-refractivity contribution in [2.75, 3.05) is 23.3 Å². The SMILES string of the molecule is Cc1ccc(C(=O)NCCN(C(=O)Nc2ccc(Cl)cc2)c2cccc(C(F)(F)F)c2)cc1. The van der Waals surface area contributed by atoms with Crippen molar-refractivity contribution < 1.29 is 22.8 Å². The highest BCUT2D eigenvalue weighted by Gasteiger charge is 2.31. The van der Waals surface area contributed by atoms with Crippen LogP contribution >= 0.6 is 11.6 Å². The van der Waals surface area contributed by atoms with Gasteiger partial charge in [-0.05, 0) is 61.5 Å². The van der Waals surface area contributed by atoms with E-state index in [1.807, 2.05) is 6.92 Å². The van der Waals surface area contributed by atoms with Crippen LogP contribution in [0.15, 0.2) is 72.8 Å². The van der Waals surface area contributed by atoms with Gasteiger partial charge < -0.3 is 10.6 Å². The van der Waals surface area contributed by atoms with E-state index in [4.69, 9.17) is 11.6 Å². The molecule has 0 spiro atoms. The van der Waals surface area contributed by atoms with Crippen molar-refractivity contribution in [3.63, 3.8) is 0 Å². The van der Waals surface area contributed by atoms with Crippen LogP contribution in [-0.2, 0) is 6.18 Å². The smallest absolute Gasteiger partial charge is 0.350 e. The third kappa shape index (κ3) is 6.73. The number of rotatable bonds is 6. The maximum absolute atomic E-state index is 13.2. The molecule has 3 amide bonds. The Balaban J connectivity index is 1.77. The molecule has 0 aliphatic carbocycles. The number of aryl methyl sites for hydroxylation is 1. The van der Waals surface area contributed by atoms with Crippen LogP contribution in [0.25, 0.3) is 0 Å². The number of benzene rings is 3. The lowest BCUT2D eigenvalue weighted by atomic mass is 10.1. The highest BCUT2D eigenvalue weighted by Crippen LogP contribution is 2.31. The molecule has 0 fully saturated rings. The number of hydrogen-bond donors (Lipinski definition) is 2. The molecule has 33 heavy (non-hydrogen) atoms. The Morgan fingerprint density at radius 1 is 0.970 bits per heavy atom. The van der Waals surface area contributed by atoms with Crippen LogP contribution in [0.2, 0.25) is 5.02 Å². The van der Waals surface area contributed by atoms with E-state index in [2.05, 4.69) is 10.6 Å². The van der Waals surface area contributed by atoms with Gasteiger partial charge in [0.1, 0.15) is 0 Å². The molecule has 0 atom stereocenters. The summed E-state index contributed by atoms with van der Waals surface area (Å²) in [6, 6.07) is 17.0. The van der Waals surface area contributed by atoms with E-state index in [0.717, 1.165) is 22.6 Å². The van der Waals surface area contributed by atoms with E-state index in [9.17, 15) is 22.8 Å². The lowest BCUT2D eigenvalue weighted by Crippen LogP contribution is -2.41. The fourth-order valence-corrected chi connectivity index (χ4v) is 3.14. The number of amides is 3. The Morgan fingerprint density at radius 2 is 1.64 bits per heavy atom. The number of nitrogens with zero attached hydrogens (tertiary/aromatic N) is 1. The lowest BCUT2D eigenvalue weighted by molar-refractivity contribution is -0.137. The minimum atomic E-state index is -4.56. The van der Waals surface area contributed by atoms with E-state index in [1.54, 1.807) is 48.5 Å². The molecule has 9 heteroatoms. The zero-order chi connectivity index (χ0) is 24.0. The number of halogens is 4. The van der Waals surface area contributed by atoms with Gasteiger partial charge in [-0.15, -0.1) is 0 Å². The molecule has 0 aliphatic rings. The van der Waals surface area contributed by atoms with Gasteiger partial charge in [-0.3, -0.25) is 9.69 Å². The molecule has 0 aliphatic heterocycles. The summed E-state index contributed by atoms with van der Waals surface area (Å²) in [5, 5.41) is 5.80. The number of nitrogens with one attached hydrogen (secondary N) is 2. The molecule has 172 valence electrons. The van der Waals surface area contributed by atoms with E-state index in [0.29, 0.717) is 16.3 Å². The predicted molar refractivity (Wildman–Crippen MR) is 123 cm³/mol. The maximum Gasteiger partial charge on any atom is 0.416 e. The van der Waals surface area contributed by atoms with E-state index < -0.39 is 17.8 Å². The summed E-state index contributed by atoms with van der Waals surface area (Å²) >= 11 is 5.85. The van der Waals surface area contributed by atoms with Gasteiger partial charge in [0.05, 0.1) is 5.56 Å². The number of alkyl halides is 3. The summed E-state index contributed by atoms with van der Waals surface area (Å²) in [7, 11) is 0. The second-order valence-corrected chi connectivity index (χ2v) is 7.70. The molecule has 2 N–H and O–H groups in total. The third-order valence-corrected chi connectivity index (χ3v) is 5.01. The zero-order valence-corrected chi connectivity index (χ0v) is 18.4. The molecule has 0 saturated carbocycles. The summed E-state index contributed by atoms with van der Waals surface area (Å²) in [5.41, 5.74) is 1.02. The second-order valence-electron chi connectivity index (χ2n) is 7.26. The third-order valence-electron chi connectivity index (χ3n) is 4.76. The van der Waals surface area contributed by atoms with Crippen LogP contribution in [0.5, 0.6) is 0 Å². The molecule has 0 aromatic heterocycles. The van der Waals surface area contributed by atoms with Crippen LogP contribution in [-0.4, -0.2) is 25.0 Å². The summed E-state index contributed by atoms with van der Waals surface area (Å²) in [6.07, 6.45) is -4.56. The van der Waals surface area contributed by atoms with E-state index in [1.165, 1.54) is 12.1 Å². The van der Waals surface area contributed by atoms with Crippen molar-refractivity contribution >= 4 is 34.9 Å². The van der Waals surface area contributed by atoms with Gasteiger partial charge >= 0.3 is 12.2 Å². The summed E-state index contributed by atoms with van der Waals surface area (Å²) < 4.78 is 39.6. The van der Waals surface area contributed by atoms with Gasteiger partial charge in [0.25, 0.3) is 5.91 Å². The van der Waals surface area contributed by atoms with E-state index >= 15 is 0 Å². The Kier molecular flexibility index (Phi) is 7.60. The van der Waals surface area contributed by atoms with Gasteiger partial charge in [-0.1, -0.05) is 35.4 Å². The lowest BCUT2D eigenvalue weighted by Gasteiger charge is -2.24. The summed E-state index contributed by atoms with van der Waals surface area (Å²) in [5.74, 6) is -0.350. The standard InChI is InChI=1S/C24H21ClF3N3O2/c1-16-5-7-17(8-6-16)22(32)29-13-14-31(21-4-2-3-18(15-21)24(26,27)28)23(33)30-20-11-9-19(25)10-12-20/h2-12,15H,13-14H2,1H3,(H,29,32)(H,30,33). The van der Waals surface area contributed by atoms with Crippen LogP contribution in [0, 0.1) is 6.92 Å².